The van der Waals surface area contributed by atoms with Crippen molar-refractivity contribution in [1.82, 2.24) is 9.97 Å². The number of rotatable bonds is 2. The van der Waals surface area contributed by atoms with Crippen LogP contribution < -0.4 is 5.56 Å². The van der Waals surface area contributed by atoms with Gasteiger partial charge in [-0.1, -0.05) is 29.4 Å². The molecule has 0 amide bonds. The Morgan fingerprint density at radius 2 is 2.11 bits per heavy atom. The van der Waals surface area contributed by atoms with Crippen LogP contribution >= 0.6 is 23.4 Å². The minimum Gasteiger partial charge on any atom is -0.312 e. The van der Waals surface area contributed by atoms with E-state index in [1.165, 1.54) is 42.1 Å². The number of aromatic nitrogens is 2. The number of nitrogens with zero attached hydrogens (tertiary/aromatic N) is 1. The molecule has 1 N–H and O–H groups in total. The number of benzene rings is 1. The first kappa shape index (κ1) is 11.8. The van der Waals surface area contributed by atoms with E-state index in [9.17, 15) is 4.79 Å². The quantitative estimate of drug-likeness (QED) is 0.859. The molecule has 1 aromatic carbocycles. The van der Waals surface area contributed by atoms with Crippen LogP contribution in [-0.4, -0.2) is 9.97 Å². The Balaban J connectivity index is 1.93. The fourth-order valence-electron chi connectivity index (χ4n) is 2.16. The average molecular weight is 279 g/mol. The van der Waals surface area contributed by atoms with Gasteiger partial charge in [0.1, 0.15) is 10.0 Å². The number of hydrogen-bond acceptors (Lipinski definition) is 3. The summed E-state index contributed by atoms with van der Waals surface area (Å²) >= 11 is 7.36. The Bertz CT molecular complexity index is 654. The lowest BCUT2D eigenvalue weighted by atomic mass is 10.1. The van der Waals surface area contributed by atoms with Gasteiger partial charge >= 0.3 is 0 Å². The second kappa shape index (κ2) is 4.78. The van der Waals surface area contributed by atoms with E-state index in [0.717, 1.165) is 11.3 Å². The van der Waals surface area contributed by atoms with Crippen LogP contribution in [0.4, 0.5) is 0 Å². The summed E-state index contributed by atoms with van der Waals surface area (Å²) in [6, 6.07) is 6.39. The summed E-state index contributed by atoms with van der Waals surface area (Å²) in [6.07, 6.45) is 4.92. The molecule has 0 radical (unpaired) electrons. The topological polar surface area (TPSA) is 45.8 Å². The molecule has 5 heteroatoms. The summed E-state index contributed by atoms with van der Waals surface area (Å²) in [7, 11) is 0. The Hall–Kier alpha value is -1.26. The lowest BCUT2D eigenvalue weighted by Crippen LogP contribution is -2.07. The first-order valence-electron chi connectivity index (χ1n) is 5.77. The summed E-state index contributed by atoms with van der Waals surface area (Å²) in [4.78, 5) is 19.0. The summed E-state index contributed by atoms with van der Waals surface area (Å²) in [5.74, 6) is 0. The molecule has 1 aliphatic carbocycles. The van der Waals surface area contributed by atoms with Crippen LogP contribution in [0, 0.1) is 0 Å². The maximum Gasteiger partial charge on any atom is 0.270 e. The van der Waals surface area contributed by atoms with E-state index in [-0.39, 0.29) is 10.6 Å². The molecule has 2 aromatic rings. The van der Waals surface area contributed by atoms with Crippen LogP contribution in [-0.2, 0) is 12.8 Å². The molecule has 3 nitrogen and oxygen atoms in total. The number of fused-ring (bicyclic) bond motifs is 1. The van der Waals surface area contributed by atoms with Gasteiger partial charge < -0.3 is 4.98 Å². The average Bonchev–Trinajstić information content (AvgIpc) is 2.82. The number of aromatic amines is 1. The van der Waals surface area contributed by atoms with Crippen molar-refractivity contribution in [3.63, 3.8) is 0 Å². The molecule has 0 unspecified atom stereocenters. The van der Waals surface area contributed by atoms with Crippen molar-refractivity contribution in [2.75, 3.05) is 0 Å². The third-order valence-corrected chi connectivity index (χ3v) is 4.50. The molecule has 0 atom stereocenters. The molecule has 3 rings (SSSR count). The highest BCUT2D eigenvalue weighted by molar-refractivity contribution is 7.99. The Morgan fingerprint density at radius 1 is 1.28 bits per heavy atom. The third-order valence-electron chi connectivity index (χ3n) is 3.05. The van der Waals surface area contributed by atoms with Gasteiger partial charge in [0.15, 0.2) is 0 Å². The van der Waals surface area contributed by atoms with Gasteiger partial charge in [0.25, 0.3) is 5.56 Å². The molecule has 1 heterocycles. The highest BCUT2D eigenvalue weighted by Crippen LogP contribution is 2.32. The summed E-state index contributed by atoms with van der Waals surface area (Å²) in [6.45, 7) is 0. The van der Waals surface area contributed by atoms with E-state index in [0.29, 0.717) is 5.03 Å². The molecule has 0 saturated heterocycles. The maximum atomic E-state index is 11.4. The van der Waals surface area contributed by atoms with E-state index < -0.39 is 0 Å². The molecule has 18 heavy (non-hydrogen) atoms. The van der Waals surface area contributed by atoms with Gasteiger partial charge in [0, 0.05) is 4.90 Å². The standard InChI is InChI=1S/C13H11ClN2OS/c14-11-12(17)15-7-16-13(11)18-10-5-4-8-2-1-3-9(8)6-10/h4-7H,1-3H2,(H,15,16,17). The van der Waals surface area contributed by atoms with Crippen molar-refractivity contribution < 1.29 is 0 Å². The molecule has 92 valence electrons. The maximum absolute atomic E-state index is 11.4. The minimum atomic E-state index is -0.296. The van der Waals surface area contributed by atoms with Gasteiger partial charge in [-0.15, -0.1) is 0 Å². The molecule has 0 aliphatic heterocycles. The van der Waals surface area contributed by atoms with E-state index in [2.05, 4.69) is 28.2 Å². The van der Waals surface area contributed by atoms with Crippen molar-refractivity contribution in [2.45, 2.75) is 29.2 Å². The van der Waals surface area contributed by atoms with E-state index in [4.69, 9.17) is 11.6 Å². The lowest BCUT2D eigenvalue weighted by Gasteiger charge is -2.05. The smallest absolute Gasteiger partial charge is 0.270 e. The monoisotopic (exact) mass is 278 g/mol. The lowest BCUT2D eigenvalue weighted by molar-refractivity contribution is 0.911. The number of aryl methyl sites for hydroxylation is 2. The number of nitrogens with one attached hydrogen (secondary N) is 1. The molecule has 0 bridgehead atoms. The minimum absolute atomic E-state index is 0.156. The van der Waals surface area contributed by atoms with Gasteiger partial charge in [0.2, 0.25) is 0 Å². The fourth-order valence-corrected chi connectivity index (χ4v) is 3.23. The predicted molar refractivity (Wildman–Crippen MR) is 72.5 cm³/mol. The van der Waals surface area contributed by atoms with Crippen molar-refractivity contribution in [2.24, 2.45) is 0 Å². The molecule has 0 saturated carbocycles. The highest BCUT2D eigenvalue weighted by Gasteiger charge is 2.13. The van der Waals surface area contributed by atoms with E-state index in [1.54, 1.807) is 0 Å². The largest absolute Gasteiger partial charge is 0.312 e. The molecule has 0 fully saturated rings. The van der Waals surface area contributed by atoms with E-state index >= 15 is 0 Å². The summed E-state index contributed by atoms with van der Waals surface area (Å²) in [5.41, 5.74) is 2.54. The molecular weight excluding hydrogens is 268 g/mol. The van der Waals surface area contributed by atoms with Gasteiger partial charge in [-0.05, 0) is 42.5 Å². The Labute approximate surface area is 114 Å². The van der Waals surface area contributed by atoms with Crippen LogP contribution in [0.5, 0.6) is 0 Å². The Morgan fingerprint density at radius 3 is 3.00 bits per heavy atom. The zero-order valence-corrected chi connectivity index (χ0v) is 11.1. The molecule has 1 aliphatic rings. The van der Waals surface area contributed by atoms with Crippen LogP contribution in [0.1, 0.15) is 17.5 Å². The van der Waals surface area contributed by atoms with Crippen LogP contribution in [0.2, 0.25) is 5.02 Å². The van der Waals surface area contributed by atoms with Crippen molar-refractivity contribution >= 4 is 23.4 Å². The van der Waals surface area contributed by atoms with Gasteiger partial charge in [-0.3, -0.25) is 4.79 Å². The third kappa shape index (κ3) is 2.18. The van der Waals surface area contributed by atoms with Gasteiger partial charge in [0.05, 0.1) is 6.33 Å². The first-order valence-corrected chi connectivity index (χ1v) is 6.96. The predicted octanol–water partition coefficient (Wildman–Crippen LogP) is 3.06. The molecule has 0 spiro atoms. The van der Waals surface area contributed by atoms with Gasteiger partial charge in [-0.2, -0.15) is 0 Å². The number of hydrogen-bond donors (Lipinski definition) is 1. The van der Waals surface area contributed by atoms with Crippen molar-refractivity contribution in [3.05, 3.63) is 51.0 Å². The van der Waals surface area contributed by atoms with Crippen molar-refractivity contribution in [3.8, 4) is 0 Å². The van der Waals surface area contributed by atoms with Crippen LogP contribution in [0.25, 0.3) is 0 Å². The zero-order valence-electron chi connectivity index (χ0n) is 9.57. The normalized spacial score (nSPS) is 13.6. The van der Waals surface area contributed by atoms with E-state index in [1.807, 2.05) is 0 Å². The zero-order chi connectivity index (χ0) is 12.5. The highest BCUT2D eigenvalue weighted by atomic mass is 35.5. The van der Waals surface area contributed by atoms with Crippen molar-refractivity contribution in [1.29, 1.82) is 0 Å². The summed E-state index contributed by atoms with van der Waals surface area (Å²) in [5, 5.41) is 0.710. The van der Waals surface area contributed by atoms with Crippen LogP contribution in [0.15, 0.2) is 39.2 Å². The molecular formula is C13H11ClN2OS. The molecule has 1 aromatic heterocycles. The number of halogens is 1. The second-order valence-corrected chi connectivity index (χ2v) is 5.68. The second-order valence-electron chi connectivity index (χ2n) is 4.24. The van der Waals surface area contributed by atoms with Gasteiger partial charge in [-0.25, -0.2) is 4.98 Å². The fraction of sp³-hybridized carbons (Fsp3) is 0.231. The van der Waals surface area contributed by atoms with Crippen LogP contribution in [0.3, 0.4) is 0 Å². The SMILES string of the molecule is O=c1[nH]cnc(Sc2ccc3c(c2)CCC3)c1Cl. The summed E-state index contributed by atoms with van der Waals surface area (Å²) < 4.78 is 0. The first-order chi connectivity index (χ1) is 8.74. The number of H-pyrrole nitrogens is 1. The Kier molecular flexibility index (Phi) is 3.14.